The molecule has 15 heavy (non-hydrogen) atoms. The van der Waals surface area contributed by atoms with E-state index < -0.39 is 17.6 Å². The molecule has 0 aromatic carbocycles. The van der Waals surface area contributed by atoms with Gasteiger partial charge in [0, 0.05) is 0 Å². The predicted octanol–water partition coefficient (Wildman–Crippen LogP) is 3.09. The molecular formula is C9H14ClF3O2. The summed E-state index contributed by atoms with van der Waals surface area (Å²) in [4.78, 5) is 11.2. The fourth-order valence-corrected chi connectivity index (χ4v) is 1.95. The maximum atomic E-state index is 12.7. The summed E-state index contributed by atoms with van der Waals surface area (Å²) in [6.45, 7) is 0. The third-order valence-corrected chi connectivity index (χ3v) is 2.83. The number of halogens is 4. The second-order valence-electron chi connectivity index (χ2n) is 3.63. The van der Waals surface area contributed by atoms with Gasteiger partial charge < -0.3 is 4.74 Å². The van der Waals surface area contributed by atoms with Crippen LogP contribution in [0.15, 0.2) is 0 Å². The molecule has 1 fully saturated rings. The van der Waals surface area contributed by atoms with Gasteiger partial charge in [-0.25, -0.2) is 0 Å². The molecule has 0 atom stereocenters. The largest absolute Gasteiger partial charge is 0.468 e. The predicted molar refractivity (Wildman–Crippen MR) is 50.8 cm³/mol. The van der Waals surface area contributed by atoms with E-state index in [0.29, 0.717) is 12.8 Å². The lowest BCUT2D eigenvalue weighted by molar-refractivity contribution is -0.241. The quantitative estimate of drug-likeness (QED) is 0.665. The number of ether oxygens (including phenoxy) is 1. The highest BCUT2D eigenvalue weighted by molar-refractivity contribution is 5.85. The molecule has 1 aliphatic carbocycles. The third kappa shape index (κ3) is 2.56. The van der Waals surface area contributed by atoms with Gasteiger partial charge in [0.05, 0.1) is 7.11 Å². The van der Waals surface area contributed by atoms with Gasteiger partial charge in [-0.05, 0) is 12.8 Å². The van der Waals surface area contributed by atoms with Crippen LogP contribution in [0.25, 0.3) is 0 Å². The Morgan fingerprint density at radius 1 is 1.20 bits per heavy atom. The number of carbonyl (C=O) groups is 1. The third-order valence-electron chi connectivity index (χ3n) is 2.83. The highest BCUT2D eigenvalue weighted by Gasteiger charge is 2.60. The minimum atomic E-state index is -4.49. The molecule has 1 saturated carbocycles. The Bertz CT molecular complexity index is 222. The van der Waals surface area contributed by atoms with E-state index in [9.17, 15) is 18.0 Å². The van der Waals surface area contributed by atoms with Crippen molar-refractivity contribution < 1.29 is 22.7 Å². The molecule has 1 aliphatic rings. The molecule has 0 heterocycles. The van der Waals surface area contributed by atoms with Crippen molar-refractivity contribution in [1.82, 2.24) is 0 Å². The zero-order chi connectivity index (χ0) is 10.8. The van der Waals surface area contributed by atoms with Crippen molar-refractivity contribution in [2.24, 2.45) is 5.41 Å². The summed E-state index contributed by atoms with van der Waals surface area (Å²) in [6.07, 6.45) is -3.12. The molecule has 1 rings (SSSR count). The Morgan fingerprint density at radius 3 is 2.00 bits per heavy atom. The minimum Gasteiger partial charge on any atom is -0.468 e. The van der Waals surface area contributed by atoms with E-state index in [2.05, 4.69) is 4.74 Å². The van der Waals surface area contributed by atoms with Gasteiger partial charge in [-0.15, -0.1) is 12.4 Å². The first-order chi connectivity index (χ1) is 6.44. The molecule has 0 aliphatic heterocycles. The number of esters is 1. The smallest absolute Gasteiger partial charge is 0.404 e. The molecule has 0 radical (unpaired) electrons. The first-order valence-electron chi connectivity index (χ1n) is 4.59. The van der Waals surface area contributed by atoms with Crippen LogP contribution in [0.1, 0.15) is 32.1 Å². The van der Waals surface area contributed by atoms with Gasteiger partial charge in [-0.2, -0.15) is 13.2 Å². The lowest BCUT2D eigenvalue weighted by Crippen LogP contribution is -2.47. The zero-order valence-corrected chi connectivity index (χ0v) is 9.21. The van der Waals surface area contributed by atoms with E-state index in [0.717, 1.165) is 13.5 Å². The number of hydrogen-bond acceptors (Lipinski definition) is 2. The van der Waals surface area contributed by atoms with E-state index in [1.165, 1.54) is 0 Å². The second kappa shape index (κ2) is 5.05. The number of alkyl halides is 3. The number of rotatable bonds is 1. The maximum absolute atomic E-state index is 12.7. The van der Waals surface area contributed by atoms with Crippen LogP contribution in [-0.2, 0) is 9.53 Å². The van der Waals surface area contributed by atoms with Crippen molar-refractivity contribution in [1.29, 1.82) is 0 Å². The van der Waals surface area contributed by atoms with Gasteiger partial charge in [-0.3, -0.25) is 4.79 Å². The highest BCUT2D eigenvalue weighted by Crippen LogP contribution is 2.49. The SMILES string of the molecule is COC(=O)C1(C(F)(F)F)CCCCC1.Cl. The molecule has 90 valence electrons. The van der Waals surface area contributed by atoms with Gasteiger partial charge in [0.1, 0.15) is 0 Å². The molecular weight excluding hydrogens is 233 g/mol. The van der Waals surface area contributed by atoms with Crippen molar-refractivity contribution in [3.8, 4) is 0 Å². The topological polar surface area (TPSA) is 26.3 Å². The lowest BCUT2D eigenvalue weighted by atomic mass is 9.73. The minimum absolute atomic E-state index is 0. The van der Waals surface area contributed by atoms with Crippen molar-refractivity contribution in [3.05, 3.63) is 0 Å². The average molecular weight is 247 g/mol. The van der Waals surface area contributed by atoms with E-state index in [1.54, 1.807) is 0 Å². The van der Waals surface area contributed by atoms with Crippen molar-refractivity contribution in [2.45, 2.75) is 38.3 Å². The molecule has 0 saturated heterocycles. The summed E-state index contributed by atoms with van der Waals surface area (Å²) in [6, 6.07) is 0. The molecule has 0 aromatic heterocycles. The van der Waals surface area contributed by atoms with Gasteiger partial charge in [0.2, 0.25) is 0 Å². The summed E-state index contributed by atoms with van der Waals surface area (Å²) in [7, 11) is 1.00. The van der Waals surface area contributed by atoms with Crippen LogP contribution >= 0.6 is 12.4 Å². The van der Waals surface area contributed by atoms with Crippen LogP contribution in [0.2, 0.25) is 0 Å². The normalized spacial score (nSPS) is 20.3. The number of methoxy groups -OCH3 is 1. The van der Waals surface area contributed by atoms with Crippen molar-refractivity contribution in [2.75, 3.05) is 7.11 Å². The fourth-order valence-electron chi connectivity index (χ4n) is 1.95. The van der Waals surface area contributed by atoms with Gasteiger partial charge >= 0.3 is 12.1 Å². The Hall–Kier alpha value is -0.450. The molecule has 0 unspecified atom stereocenters. The zero-order valence-electron chi connectivity index (χ0n) is 8.39. The van der Waals surface area contributed by atoms with Crippen molar-refractivity contribution in [3.63, 3.8) is 0 Å². The molecule has 0 bridgehead atoms. The number of carbonyl (C=O) groups excluding carboxylic acids is 1. The molecule has 6 heteroatoms. The van der Waals surface area contributed by atoms with Crippen LogP contribution in [0.3, 0.4) is 0 Å². The summed E-state index contributed by atoms with van der Waals surface area (Å²) >= 11 is 0. The Morgan fingerprint density at radius 2 is 1.67 bits per heavy atom. The fraction of sp³-hybridized carbons (Fsp3) is 0.889. The van der Waals surface area contributed by atoms with E-state index >= 15 is 0 Å². The van der Waals surface area contributed by atoms with E-state index in [4.69, 9.17) is 0 Å². The molecule has 0 spiro atoms. The average Bonchev–Trinajstić information content (AvgIpc) is 2.16. The van der Waals surface area contributed by atoms with Crippen molar-refractivity contribution >= 4 is 18.4 Å². The van der Waals surface area contributed by atoms with Gasteiger partial charge in [0.25, 0.3) is 0 Å². The Labute approximate surface area is 92.6 Å². The van der Waals surface area contributed by atoms with Gasteiger partial charge in [0.15, 0.2) is 5.41 Å². The molecule has 0 aromatic rings. The van der Waals surface area contributed by atoms with Gasteiger partial charge in [-0.1, -0.05) is 19.3 Å². The summed E-state index contributed by atoms with van der Waals surface area (Å²) in [5.41, 5.74) is -2.24. The van der Waals surface area contributed by atoms with Crippen LogP contribution in [0, 0.1) is 5.41 Å². The molecule has 0 amide bonds. The summed E-state index contributed by atoms with van der Waals surface area (Å²) in [5, 5.41) is 0. The molecule has 2 nitrogen and oxygen atoms in total. The highest BCUT2D eigenvalue weighted by atomic mass is 35.5. The van der Waals surface area contributed by atoms with E-state index in [1.807, 2.05) is 0 Å². The Kier molecular flexibility index (Phi) is 4.90. The van der Waals surface area contributed by atoms with Crippen LogP contribution < -0.4 is 0 Å². The summed E-state index contributed by atoms with van der Waals surface area (Å²) in [5.74, 6) is -1.13. The standard InChI is InChI=1S/C9H13F3O2.ClH/c1-14-7(13)8(9(10,11)12)5-3-2-4-6-8;/h2-6H2,1H3;1H. The lowest BCUT2D eigenvalue weighted by Gasteiger charge is -2.35. The monoisotopic (exact) mass is 246 g/mol. The molecule has 0 N–H and O–H groups in total. The first kappa shape index (κ1) is 14.5. The first-order valence-corrected chi connectivity index (χ1v) is 4.59. The van der Waals surface area contributed by atoms with Crippen LogP contribution in [0.5, 0.6) is 0 Å². The van der Waals surface area contributed by atoms with Crippen LogP contribution in [-0.4, -0.2) is 19.3 Å². The Balaban J connectivity index is 0.00000196. The summed E-state index contributed by atoms with van der Waals surface area (Å²) < 4.78 is 42.5. The number of hydrogen-bond donors (Lipinski definition) is 0. The van der Waals surface area contributed by atoms with E-state index in [-0.39, 0.29) is 25.2 Å². The maximum Gasteiger partial charge on any atom is 0.404 e. The van der Waals surface area contributed by atoms with Crippen LogP contribution in [0.4, 0.5) is 13.2 Å². The second-order valence-corrected chi connectivity index (χ2v) is 3.63.